The molecule has 38 heavy (non-hydrogen) atoms. The Morgan fingerprint density at radius 3 is 2.26 bits per heavy atom. The highest BCUT2D eigenvalue weighted by atomic mass is 19.1. The van der Waals surface area contributed by atoms with Crippen LogP contribution in [0.15, 0.2) is 60.8 Å². The van der Waals surface area contributed by atoms with E-state index in [0.29, 0.717) is 25.7 Å². The fraction of sp³-hybridized carbons (Fsp3) is 0.259. The summed E-state index contributed by atoms with van der Waals surface area (Å²) in [7, 11) is 0. The number of aromatic nitrogens is 1. The zero-order valence-electron chi connectivity index (χ0n) is 20.2. The Balaban J connectivity index is 1.25. The van der Waals surface area contributed by atoms with E-state index in [1.807, 2.05) is 0 Å². The van der Waals surface area contributed by atoms with Gasteiger partial charge < -0.3 is 25.8 Å². The molecule has 1 saturated carbocycles. The Kier molecular flexibility index (Phi) is 8.47. The average Bonchev–Trinajstić information content (AvgIpc) is 2.90. The number of carbonyl (C=O) groups excluding carboxylic acids is 3. The van der Waals surface area contributed by atoms with Gasteiger partial charge in [-0.15, -0.1) is 0 Å². The maximum absolute atomic E-state index is 13.9. The third-order valence-corrected chi connectivity index (χ3v) is 6.04. The summed E-state index contributed by atoms with van der Waals surface area (Å²) >= 11 is 0. The van der Waals surface area contributed by atoms with Gasteiger partial charge in [0.2, 0.25) is 11.8 Å². The zero-order valence-corrected chi connectivity index (χ0v) is 20.2. The molecule has 0 aliphatic heterocycles. The normalized spacial score (nSPS) is 16.8. The molecule has 11 heteroatoms. The van der Waals surface area contributed by atoms with Crippen molar-refractivity contribution in [2.45, 2.75) is 37.8 Å². The van der Waals surface area contributed by atoms with Gasteiger partial charge >= 0.3 is 0 Å². The molecule has 1 fully saturated rings. The van der Waals surface area contributed by atoms with E-state index in [4.69, 9.17) is 4.74 Å². The Bertz CT molecular complexity index is 1310. The Hall–Kier alpha value is -4.54. The monoisotopic (exact) mass is 524 g/mol. The van der Waals surface area contributed by atoms with E-state index < -0.39 is 23.4 Å². The first-order chi connectivity index (χ1) is 18.3. The van der Waals surface area contributed by atoms with Crippen molar-refractivity contribution in [2.75, 3.05) is 6.54 Å². The molecule has 1 aromatic heterocycles. The molecule has 1 heterocycles. The quantitative estimate of drug-likeness (QED) is 0.357. The molecule has 9 nitrogen and oxygen atoms in total. The highest BCUT2D eigenvalue weighted by Crippen LogP contribution is 2.25. The minimum absolute atomic E-state index is 0.0451. The molecule has 3 aromatic rings. The van der Waals surface area contributed by atoms with Crippen molar-refractivity contribution in [3.05, 3.63) is 83.6 Å². The van der Waals surface area contributed by atoms with Crippen molar-refractivity contribution in [3.8, 4) is 17.4 Å². The van der Waals surface area contributed by atoms with Gasteiger partial charge in [0.05, 0.1) is 12.7 Å². The third kappa shape index (κ3) is 7.25. The predicted molar refractivity (Wildman–Crippen MR) is 133 cm³/mol. The number of nitrogens with one attached hydrogen (secondary N) is 3. The smallest absolute Gasteiger partial charge is 0.257 e. The maximum atomic E-state index is 13.9. The summed E-state index contributed by atoms with van der Waals surface area (Å²) in [5.74, 6) is -2.45. The summed E-state index contributed by atoms with van der Waals surface area (Å²) in [6, 6.07) is 11.6. The van der Waals surface area contributed by atoms with Gasteiger partial charge in [0.1, 0.15) is 28.7 Å². The van der Waals surface area contributed by atoms with Gasteiger partial charge in [-0.3, -0.25) is 14.4 Å². The van der Waals surface area contributed by atoms with Gasteiger partial charge in [0, 0.05) is 17.6 Å². The second-order valence-electron chi connectivity index (χ2n) is 8.88. The number of halogens is 2. The van der Waals surface area contributed by atoms with E-state index in [9.17, 15) is 28.3 Å². The molecule has 3 amide bonds. The third-order valence-electron chi connectivity index (χ3n) is 6.04. The van der Waals surface area contributed by atoms with Crippen molar-refractivity contribution in [1.82, 2.24) is 20.9 Å². The molecule has 0 radical (unpaired) electrons. The molecule has 0 saturated heterocycles. The minimum Gasteiger partial charge on any atom is -0.508 e. The lowest BCUT2D eigenvalue weighted by molar-refractivity contribution is -0.121. The van der Waals surface area contributed by atoms with E-state index in [0.717, 1.165) is 12.3 Å². The molecule has 0 unspecified atom stereocenters. The average molecular weight is 525 g/mol. The second kappa shape index (κ2) is 12.1. The summed E-state index contributed by atoms with van der Waals surface area (Å²) < 4.78 is 32.6. The highest BCUT2D eigenvalue weighted by Gasteiger charge is 2.26. The number of aromatic hydroxyl groups is 1. The zero-order chi connectivity index (χ0) is 27.1. The number of phenolic OH excluding ortho intramolecular Hbond substituents is 1. The number of nitrogens with zero attached hydrogens (tertiary/aromatic N) is 1. The van der Waals surface area contributed by atoms with Gasteiger partial charge in [-0.25, -0.2) is 13.8 Å². The molecule has 198 valence electrons. The number of hydrogen-bond acceptors (Lipinski definition) is 6. The fourth-order valence-corrected chi connectivity index (χ4v) is 4.12. The van der Waals surface area contributed by atoms with Gasteiger partial charge in [-0.1, -0.05) is 6.07 Å². The highest BCUT2D eigenvalue weighted by molar-refractivity contribution is 5.97. The van der Waals surface area contributed by atoms with Crippen molar-refractivity contribution < 1.29 is 33.0 Å². The van der Waals surface area contributed by atoms with E-state index in [1.165, 1.54) is 48.5 Å². The standard InChI is InChI=1S/C27H26F2N4O5/c28-17-4-10-22(11-5-17)38-27-23(13-18(29)14-31-27)26(37)33-20-8-6-19(7-9-20)32-24(35)15-30-25(36)16-2-1-3-21(34)12-16/h1-5,10-14,19-20,34H,6-9,15H2,(H,30,36)(H,32,35)(H,33,37). The topological polar surface area (TPSA) is 130 Å². The number of phenols is 1. The number of rotatable bonds is 8. The lowest BCUT2D eigenvalue weighted by atomic mass is 9.91. The van der Waals surface area contributed by atoms with E-state index in [-0.39, 0.29) is 53.0 Å². The lowest BCUT2D eigenvalue weighted by Crippen LogP contribution is -2.46. The first-order valence-corrected chi connectivity index (χ1v) is 12.0. The number of pyridine rings is 1. The van der Waals surface area contributed by atoms with Gasteiger partial charge in [0.15, 0.2) is 0 Å². The molecule has 0 atom stereocenters. The fourth-order valence-electron chi connectivity index (χ4n) is 4.12. The van der Waals surface area contributed by atoms with Crippen molar-refractivity contribution in [1.29, 1.82) is 0 Å². The Morgan fingerprint density at radius 1 is 0.895 bits per heavy atom. The summed E-state index contributed by atoms with van der Waals surface area (Å²) in [4.78, 5) is 41.2. The molecule has 1 aliphatic carbocycles. The van der Waals surface area contributed by atoms with Crippen LogP contribution < -0.4 is 20.7 Å². The van der Waals surface area contributed by atoms with Gasteiger partial charge in [-0.2, -0.15) is 0 Å². The summed E-state index contributed by atoms with van der Waals surface area (Å²) in [6.07, 6.45) is 3.26. The Morgan fingerprint density at radius 2 is 1.58 bits per heavy atom. The van der Waals surface area contributed by atoms with Crippen LogP contribution in [0.5, 0.6) is 17.4 Å². The number of ether oxygens (including phenoxy) is 1. The number of amides is 3. The van der Waals surface area contributed by atoms with Crippen LogP contribution in [-0.2, 0) is 4.79 Å². The lowest BCUT2D eigenvalue weighted by Gasteiger charge is -2.29. The number of hydrogen-bond donors (Lipinski definition) is 4. The predicted octanol–water partition coefficient (Wildman–Crippen LogP) is 3.44. The van der Waals surface area contributed by atoms with Crippen LogP contribution in [-0.4, -0.2) is 46.4 Å². The minimum atomic E-state index is -0.704. The largest absolute Gasteiger partial charge is 0.508 e. The molecular weight excluding hydrogens is 498 g/mol. The van der Waals surface area contributed by atoms with E-state index in [1.54, 1.807) is 0 Å². The van der Waals surface area contributed by atoms with Crippen LogP contribution in [0.2, 0.25) is 0 Å². The van der Waals surface area contributed by atoms with Crippen molar-refractivity contribution in [3.63, 3.8) is 0 Å². The molecule has 0 bridgehead atoms. The summed E-state index contributed by atoms with van der Waals surface area (Å²) in [5, 5.41) is 17.7. The first-order valence-electron chi connectivity index (χ1n) is 12.0. The van der Waals surface area contributed by atoms with Crippen LogP contribution in [0.1, 0.15) is 46.4 Å². The van der Waals surface area contributed by atoms with Crippen LogP contribution >= 0.6 is 0 Å². The Labute approximate surface area is 217 Å². The second-order valence-corrected chi connectivity index (χ2v) is 8.88. The van der Waals surface area contributed by atoms with Gasteiger partial charge in [0.25, 0.3) is 11.8 Å². The summed E-state index contributed by atoms with van der Waals surface area (Å²) in [5.41, 5.74) is 0.154. The molecular formula is C27H26F2N4O5. The van der Waals surface area contributed by atoms with Crippen LogP contribution in [0.3, 0.4) is 0 Å². The van der Waals surface area contributed by atoms with E-state index >= 15 is 0 Å². The molecule has 4 rings (SSSR count). The van der Waals surface area contributed by atoms with Crippen LogP contribution in [0.25, 0.3) is 0 Å². The maximum Gasteiger partial charge on any atom is 0.257 e. The van der Waals surface area contributed by atoms with Crippen LogP contribution in [0.4, 0.5) is 8.78 Å². The first kappa shape index (κ1) is 26.5. The van der Waals surface area contributed by atoms with E-state index in [2.05, 4.69) is 20.9 Å². The SMILES string of the molecule is O=C(CNC(=O)c1cccc(O)c1)NC1CCC(NC(=O)c2cc(F)cnc2Oc2ccc(F)cc2)CC1. The van der Waals surface area contributed by atoms with Crippen LogP contribution in [0, 0.1) is 11.6 Å². The number of benzene rings is 2. The number of carbonyl (C=O) groups is 3. The summed E-state index contributed by atoms with van der Waals surface area (Å²) in [6.45, 7) is -0.214. The van der Waals surface area contributed by atoms with Crippen molar-refractivity contribution in [2.24, 2.45) is 0 Å². The molecule has 0 spiro atoms. The molecule has 2 aromatic carbocycles. The molecule has 1 aliphatic rings. The van der Waals surface area contributed by atoms with Crippen molar-refractivity contribution >= 4 is 17.7 Å². The van der Waals surface area contributed by atoms with Gasteiger partial charge in [-0.05, 0) is 74.2 Å². The molecule has 4 N–H and O–H groups in total.